The summed E-state index contributed by atoms with van der Waals surface area (Å²) in [6.07, 6.45) is 2.55. The van der Waals surface area contributed by atoms with Gasteiger partial charge in [0.2, 0.25) is 0 Å². The van der Waals surface area contributed by atoms with Crippen LogP contribution in [0.25, 0.3) is 5.57 Å². The fraction of sp³-hybridized carbons (Fsp3) is 0.333. The van der Waals surface area contributed by atoms with Crippen LogP contribution < -0.4 is 10.2 Å². The number of pyridine rings is 1. The predicted octanol–water partition coefficient (Wildman–Crippen LogP) is 3.75. The number of carbonyl (C=O) groups is 1. The van der Waals surface area contributed by atoms with Crippen molar-refractivity contribution in [2.24, 2.45) is 0 Å². The Morgan fingerprint density at radius 1 is 1.18 bits per heavy atom. The quantitative estimate of drug-likeness (QED) is 0.663. The SMILES string of the molecule is O=C1OCCN1C1=C(F)C=C(c2ccccc2O)CC1(Cl)c1ccnc(N2CCNCC2)c1. The molecule has 0 saturated carbocycles. The van der Waals surface area contributed by atoms with Crippen molar-refractivity contribution in [2.75, 3.05) is 44.2 Å². The van der Waals surface area contributed by atoms with Gasteiger partial charge in [-0.15, -0.1) is 11.6 Å². The zero-order valence-corrected chi connectivity index (χ0v) is 18.7. The van der Waals surface area contributed by atoms with Crippen LogP contribution in [0.2, 0.25) is 0 Å². The first-order valence-electron chi connectivity index (χ1n) is 10.9. The van der Waals surface area contributed by atoms with Crippen LogP contribution in [0.4, 0.5) is 15.0 Å². The number of phenols is 1. The Morgan fingerprint density at radius 3 is 2.70 bits per heavy atom. The Bertz CT molecular complexity index is 1150. The van der Waals surface area contributed by atoms with Crippen molar-refractivity contribution in [1.82, 2.24) is 15.2 Å². The molecule has 2 saturated heterocycles. The van der Waals surface area contributed by atoms with Gasteiger partial charge in [-0.25, -0.2) is 14.2 Å². The summed E-state index contributed by atoms with van der Waals surface area (Å²) in [5.41, 5.74) is 1.72. The molecule has 2 aromatic rings. The molecule has 33 heavy (non-hydrogen) atoms. The zero-order valence-electron chi connectivity index (χ0n) is 17.9. The number of ether oxygens (including phenoxy) is 1. The van der Waals surface area contributed by atoms with Gasteiger partial charge < -0.3 is 20.1 Å². The number of aromatic hydroxyl groups is 1. The molecule has 5 rings (SSSR count). The van der Waals surface area contributed by atoms with E-state index in [1.54, 1.807) is 36.5 Å². The number of hydrogen-bond acceptors (Lipinski definition) is 6. The highest BCUT2D eigenvalue weighted by atomic mass is 35.5. The van der Waals surface area contributed by atoms with Gasteiger partial charge in [0.15, 0.2) is 0 Å². The molecule has 3 heterocycles. The van der Waals surface area contributed by atoms with Crippen molar-refractivity contribution in [1.29, 1.82) is 0 Å². The Kier molecular flexibility index (Phi) is 5.72. The molecule has 1 aromatic heterocycles. The van der Waals surface area contributed by atoms with Gasteiger partial charge in [0, 0.05) is 44.4 Å². The number of alkyl halides is 1. The van der Waals surface area contributed by atoms with Crippen molar-refractivity contribution < 1.29 is 19.0 Å². The van der Waals surface area contributed by atoms with E-state index in [1.807, 2.05) is 6.07 Å². The maximum Gasteiger partial charge on any atom is 0.414 e. The molecule has 1 aliphatic carbocycles. The molecule has 7 nitrogen and oxygen atoms in total. The van der Waals surface area contributed by atoms with E-state index in [0.717, 1.165) is 32.0 Å². The number of nitrogens with one attached hydrogen (secondary N) is 1. The highest BCUT2D eigenvalue weighted by Crippen LogP contribution is 2.52. The molecule has 1 unspecified atom stereocenters. The molecule has 2 fully saturated rings. The lowest BCUT2D eigenvalue weighted by Crippen LogP contribution is -2.44. The van der Waals surface area contributed by atoms with Gasteiger partial charge in [0.05, 0.1) is 12.2 Å². The summed E-state index contributed by atoms with van der Waals surface area (Å²) in [7, 11) is 0. The number of nitrogens with zero attached hydrogens (tertiary/aromatic N) is 3. The number of amides is 1. The lowest BCUT2D eigenvalue weighted by atomic mass is 9.81. The minimum atomic E-state index is -1.40. The average molecular weight is 471 g/mol. The standard InChI is InChI=1S/C24H24ClFN4O3/c25-24(17-5-6-28-21(14-17)29-9-7-27-8-10-29)15-16(18-3-1-2-4-20(18)31)13-19(26)22(24)30-11-12-33-23(30)32/h1-6,13-14,27,31H,7-12,15H2. The van der Waals surface area contributed by atoms with Gasteiger partial charge in [0.1, 0.15) is 28.9 Å². The third-order valence-corrected chi connectivity index (χ3v) is 6.79. The number of rotatable bonds is 4. The second kappa shape index (κ2) is 8.68. The number of cyclic esters (lactones) is 1. The van der Waals surface area contributed by atoms with Crippen LogP contribution in [-0.4, -0.2) is 60.4 Å². The maximum absolute atomic E-state index is 15.7. The average Bonchev–Trinajstić information content (AvgIpc) is 3.25. The normalized spacial score (nSPS) is 23.6. The molecule has 1 amide bonds. The molecule has 2 aliphatic heterocycles. The fourth-order valence-corrected chi connectivity index (χ4v) is 5.09. The minimum absolute atomic E-state index is 0.0378. The minimum Gasteiger partial charge on any atom is -0.507 e. The van der Waals surface area contributed by atoms with Crippen molar-refractivity contribution in [2.45, 2.75) is 11.3 Å². The van der Waals surface area contributed by atoms with E-state index in [-0.39, 0.29) is 31.0 Å². The second-order valence-corrected chi connectivity index (χ2v) is 8.91. The van der Waals surface area contributed by atoms with Gasteiger partial charge in [0.25, 0.3) is 0 Å². The number of anilines is 1. The highest BCUT2D eigenvalue weighted by molar-refractivity contribution is 6.27. The topological polar surface area (TPSA) is 77.9 Å². The summed E-state index contributed by atoms with van der Waals surface area (Å²) in [5.74, 6) is 0.154. The molecule has 1 atom stereocenters. The van der Waals surface area contributed by atoms with Crippen LogP contribution in [0.3, 0.4) is 0 Å². The number of hydrogen-bond donors (Lipinski definition) is 2. The Balaban J connectivity index is 1.63. The number of para-hydroxylation sites is 1. The molecule has 2 N–H and O–H groups in total. The number of aromatic nitrogens is 1. The van der Waals surface area contributed by atoms with E-state index < -0.39 is 16.8 Å². The lowest BCUT2D eigenvalue weighted by Gasteiger charge is -2.38. The molecule has 1 aromatic carbocycles. The van der Waals surface area contributed by atoms with E-state index in [2.05, 4.69) is 15.2 Å². The van der Waals surface area contributed by atoms with Crippen LogP contribution >= 0.6 is 11.6 Å². The lowest BCUT2D eigenvalue weighted by molar-refractivity contribution is 0.161. The van der Waals surface area contributed by atoms with Crippen LogP contribution in [0.15, 0.2) is 60.2 Å². The Labute approximate surface area is 196 Å². The van der Waals surface area contributed by atoms with Crippen molar-refractivity contribution >= 4 is 29.1 Å². The third-order valence-electron chi connectivity index (χ3n) is 6.26. The molecule has 9 heteroatoms. The van der Waals surface area contributed by atoms with Gasteiger partial charge in [-0.2, -0.15) is 0 Å². The summed E-state index contributed by atoms with van der Waals surface area (Å²) >= 11 is 7.29. The number of carbonyl (C=O) groups excluding carboxylic acids is 1. The van der Waals surface area contributed by atoms with Crippen LogP contribution in [0.1, 0.15) is 17.5 Å². The van der Waals surface area contributed by atoms with Gasteiger partial charge in [-0.1, -0.05) is 18.2 Å². The summed E-state index contributed by atoms with van der Waals surface area (Å²) < 4.78 is 20.8. The summed E-state index contributed by atoms with van der Waals surface area (Å²) in [6.45, 7) is 3.66. The monoisotopic (exact) mass is 470 g/mol. The van der Waals surface area contributed by atoms with E-state index >= 15 is 4.39 Å². The molecule has 3 aliphatic rings. The summed E-state index contributed by atoms with van der Waals surface area (Å²) in [4.78, 5) is 18.9. The third kappa shape index (κ3) is 3.94. The molecule has 0 spiro atoms. The second-order valence-electron chi connectivity index (χ2n) is 8.27. The number of halogens is 2. The number of piperazine rings is 1. The molecule has 0 radical (unpaired) electrons. The van der Waals surface area contributed by atoms with Gasteiger partial charge >= 0.3 is 6.09 Å². The largest absolute Gasteiger partial charge is 0.507 e. The van der Waals surface area contributed by atoms with Crippen LogP contribution in [-0.2, 0) is 9.61 Å². The van der Waals surface area contributed by atoms with E-state index in [0.29, 0.717) is 16.7 Å². The fourth-order valence-electron chi connectivity index (χ4n) is 4.64. The smallest absolute Gasteiger partial charge is 0.414 e. The van der Waals surface area contributed by atoms with Crippen LogP contribution in [0.5, 0.6) is 5.75 Å². The first-order valence-corrected chi connectivity index (χ1v) is 11.3. The van der Waals surface area contributed by atoms with Crippen LogP contribution in [0, 0.1) is 0 Å². The number of allylic oxidation sites excluding steroid dienone is 4. The van der Waals surface area contributed by atoms with E-state index in [9.17, 15) is 9.90 Å². The first kappa shape index (κ1) is 21.7. The number of phenolic OH excluding ortho intramolecular Hbond substituents is 1. The Morgan fingerprint density at radius 2 is 1.97 bits per heavy atom. The first-order chi connectivity index (χ1) is 16.0. The summed E-state index contributed by atoms with van der Waals surface area (Å²) in [6, 6.07) is 10.4. The highest BCUT2D eigenvalue weighted by Gasteiger charge is 2.46. The predicted molar refractivity (Wildman–Crippen MR) is 124 cm³/mol. The van der Waals surface area contributed by atoms with Crippen molar-refractivity contribution in [3.05, 3.63) is 71.3 Å². The van der Waals surface area contributed by atoms with E-state index in [1.165, 1.54) is 11.0 Å². The zero-order chi connectivity index (χ0) is 23.0. The van der Waals surface area contributed by atoms with Crippen molar-refractivity contribution in [3.8, 4) is 5.75 Å². The van der Waals surface area contributed by atoms with Gasteiger partial charge in [-0.05, 0) is 35.4 Å². The Hall–Kier alpha value is -3.10. The molecular weight excluding hydrogens is 447 g/mol. The molecule has 0 bridgehead atoms. The van der Waals surface area contributed by atoms with Crippen molar-refractivity contribution in [3.63, 3.8) is 0 Å². The van der Waals surface area contributed by atoms with Gasteiger partial charge in [-0.3, -0.25) is 4.90 Å². The maximum atomic E-state index is 15.7. The summed E-state index contributed by atoms with van der Waals surface area (Å²) in [5, 5.41) is 13.7. The molecule has 172 valence electrons. The molecular formula is C24H24ClFN4O3. The number of benzene rings is 1. The van der Waals surface area contributed by atoms with E-state index in [4.69, 9.17) is 16.3 Å².